The highest BCUT2D eigenvalue weighted by Gasteiger charge is 2.24. The molecule has 0 bridgehead atoms. The third-order valence-corrected chi connectivity index (χ3v) is 9.28. The van der Waals surface area contributed by atoms with E-state index in [9.17, 15) is 0 Å². The number of hydrogen-bond donors (Lipinski definition) is 0. The average molecular weight is 351 g/mol. The van der Waals surface area contributed by atoms with Crippen molar-refractivity contribution in [2.45, 2.75) is 27.7 Å². The van der Waals surface area contributed by atoms with Gasteiger partial charge < -0.3 is 0 Å². The third-order valence-electron chi connectivity index (χ3n) is 5.13. The van der Waals surface area contributed by atoms with Crippen molar-refractivity contribution in [2.24, 2.45) is 0 Å². The highest BCUT2D eigenvalue weighted by molar-refractivity contribution is 6.97. The van der Waals surface area contributed by atoms with Gasteiger partial charge in [0.1, 0.15) is 8.80 Å². The van der Waals surface area contributed by atoms with E-state index < -0.39 is 8.80 Å². The molecule has 0 amide bonds. The maximum Gasteiger partial charge on any atom is 0.135 e. The Balaban J connectivity index is 2.32. The molecule has 3 aromatic rings. The second-order valence-electron chi connectivity index (χ2n) is 6.53. The van der Waals surface area contributed by atoms with Crippen molar-refractivity contribution in [1.82, 2.24) is 0 Å². The first-order valence-corrected chi connectivity index (χ1v) is 10.5. The number of aryl methyl sites for hydroxylation is 2. The molecular weight excluding hydrogens is 328 g/mol. The zero-order valence-corrected chi connectivity index (χ0v) is 16.6. The van der Waals surface area contributed by atoms with E-state index >= 15 is 0 Å². The molecule has 0 nitrogen and oxygen atoms in total. The van der Waals surface area contributed by atoms with Crippen LogP contribution in [-0.2, 0) is 0 Å². The van der Waals surface area contributed by atoms with Crippen LogP contribution >= 0.6 is 11.6 Å². The molecule has 0 N–H and O–H groups in total. The van der Waals surface area contributed by atoms with Gasteiger partial charge >= 0.3 is 0 Å². The molecule has 0 spiro atoms. The fourth-order valence-electron chi connectivity index (χ4n) is 3.38. The summed E-state index contributed by atoms with van der Waals surface area (Å²) in [6, 6.07) is 21.7. The van der Waals surface area contributed by atoms with Crippen LogP contribution in [0.1, 0.15) is 22.3 Å². The first-order valence-electron chi connectivity index (χ1n) is 8.37. The molecule has 0 aliphatic rings. The smallest absolute Gasteiger partial charge is 0.0845 e. The van der Waals surface area contributed by atoms with Crippen molar-refractivity contribution < 1.29 is 0 Å². The molecule has 3 rings (SSSR count). The van der Waals surface area contributed by atoms with E-state index in [2.05, 4.69) is 76.2 Å². The lowest BCUT2D eigenvalue weighted by Crippen LogP contribution is -2.54. The van der Waals surface area contributed by atoms with E-state index in [4.69, 9.17) is 11.6 Å². The van der Waals surface area contributed by atoms with Gasteiger partial charge in [0, 0.05) is 5.02 Å². The summed E-state index contributed by atoms with van der Waals surface area (Å²) in [4.78, 5) is 0. The van der Waals surface area contributed by atoms with Crippen LogP contribution in [0.3, 0.4) is 0 Å². The minimum absolute atomic E-state index is 0.885. The molecule has 0 atom stereocenters. The summed E-state index contributed by atoms with van der Waals surface area (Å²) in [6.45, 7) is 8.87. The summed E-state index contributed by atoms with van der Waals surface area (Å²) in [5.74, 6) is 0. The molecule has 0 unspecified atom stereocenters. The summed E-state index contributed by atoms with van der Waals surface area (Å²) in [6.07, 6.45) is 0. The standard InChI is InChI=1S/C22H23ClSi/c1-15-9-7-13-20(17(15)3)24(22-12-6-5-11-19(22)23)21-14-8-10-16(2)18(21)4/h5-14,24H,1-4H3. The molecule has 122 valence electrons. The summed E-state index contributed by atoms with van der Waals surface area (Å²) < 4.78 is 0. The molecule has 0 aliphatic heterocycles. The molecule has 0 aromatic heterocycles. The van der Waals surface area contributed by atoms with Gasteiger partial charge in [0.25, 0.3) is 0 Å². The Morgan fingerprint density at radius 2 is 1.04 bits per heavy atom. The van der Waals surface area contributed by atoms with Crippen molar-refractivity contribution in [3.8, 4) is 0 Å². The predicted molar refractivity (Wildman–Crippen MR) is 109 cm³/mol. The minimum atomic E-state index is -1.61. The highest BCUT2D eigenvalue weighted by atomic mass is 35.5. The van der Waals surface area contributed by atoms with Gasteiger partial charge in [0.05, 0.1) is 0 Å². The van der Waals surface area contributed by atoms with Crippen molar-refractivity contribution in [2.75, 3.05) is 0 Å². The lowest BCUT2D eigenvalue weighted by Gasteiger charge is -2.23. The molecule has 0 heterocycles. The van der Waals surface area contributed by atoms with Crippen molar-refractivity contribution >= 4 is 36.0 Å². The fourth-order valence-corrected chi connectivity index (χ4v) is 7.46. The van der Waals surface area contributed by atoms with E-state index in [-0.39, 0.29) is 0 Å². The van der Waals surface area contributed by atoms with Crippen molar-refractivity contribution in [1.29, 1.82) is 0 Å². The molecule has 24 heavy (non-hydrogen) atoms. The van der Waals surface area contributed by atoms with Gasteiger partial charge in [0.15, 0.2) is 0 Å². The minimum Gasteiger partial charge on any atom is -0.0845 e. The Kier molecular flexibility index (Phi) is 4.93. The van der Waals surface area contributed by atoms with Crippen LogP contribution in [-0.4, -0.2) is 8.80 Å². The van der Waals surface area contributed by atoms with Gasteiger partial charge in [-0.2, -0.15) is 0 Å². The van der Waals surface area contributed by atoms with Crippen molar-refractivity contribution in [3.05, 3.63) is 87.9 Å². The van der Waals surface area contributed by atoms with E-state index in [1.165, 1.54) is 37.8 Å². The van der Waals surface area contributed by atoms with Crippen LogP contribution in [0, 0.1) is 27.7 Å². The normalized spacial score (nSPS) is 11.1. The second kappa shape index (κ2) is 6.96. The Bertz CT molecular complexity index is 831. The third kappa shape index (κ3) is 3.06. The molecule has 3 aromatic carbocycles. The number of hydrogen-bond acceptors (Lipinski definition) is 0. The quantitative estimate of drug-likeness (QED) is 0.497. The van der Waals surface area contributed by atoms with Crippen LogP contribution in [0.5, 0.6) is 0 Å². The summed E-state index contributed by atoms with van der Waals surface area (Å²) in [5, 5.41) is 5.13. The number of rotatable bonds is 3. The molecule has 0 fully saturated rings. The van der Waals surface area contributed by atoms with E-state index in [0.717, 1.165) is 5.02 Å². The molecule has 0 saturated carbocycles. The van der Waals surface area contributed by atoms with Gasteiger partial charge in [-0.25, -0.2) is 0 Å². The Morgan fingerprint density at radius 3 is 1.54 bits per heavy atom. The van der Waals surface area contributed by atoms with Crippen molar-refractivity contribution in [3.63, 3.8) is 0 Å². The average Bonchev–Trinajstić information content (AvgIpc) is 2.57. The molecule has 0 saturated heterocycles. The predicted octanol–water partition coefficient (Wildman–Crippen LogP) is 3.82. The topological polar surface area (TPSA) is 0 Å². The number of halogens is 1. The maximum atomic E-state index is 6.64. The zero-order chi connectivity index (χ0) is 17.3. The van der Waals surface area contributed by atoms with Gasteiger partial charge in [0.2, 0.25) is 0 Å². The van der Waals surface area contributed by atoms with E-state index in [0.29, 0.717) is 0 Å². The zero-order valence-electron chi connectivity index (χ0n) is 14.7. The monoisotopic (exact) mass is 350 g/mol. The first-order chi connectivity index (χ1) is 11.5. The lowest BCUT2D eigenvalue weighted by molar-refractivity contribution is 1.35. The van der Waals surface area contributed by atoms with Crippen LogP contribution in [0.2, 0.25) is 5.02 Å². The van der Waals surface area contributed by atoms with E-state index in [1.807, 2.05) is 12.1 Å². The number of benzene rings is 3. The second-order valence-corrected chi connectivity index (χ2v) is 9.67. The summed E-state index contributed by atoms with van der Waals surface area (Å²) in [7, 11) is -1.61. The first kappa shape index (κ1) is 17.0. The van der Waals surface area contributed by atoms with Gasteiger partial charge in [-0.05, 0) is 71.6 Å². The maximum absolute atomic E-state index is 6.64. The van der Waals surface area contributed by atoms with Gasteiger partial charge in [-0.1, -0.05) is 66.2 Å². The van der Waals surface area contributed by atoms with Crippen LogP contribution in [0.25, 0.3) is 0 Å². The summed E-state index contributed by atoms with van der Waals surface area (Å²) >= 11 is 6.64. The van der Waals surface area contributed by atoms with Crippen LogP contribution < -0.4 is 15.6 Å². The Morgan fingerprint density at radius 1 is 0.583 bits per heavy atom. The van der Waals surface area contributed by atoms with Crippen LogP contribution in [0.4, 0.5) is 0 Å². The lowest BCUT2D eigenvalue weighted by atomic mass is 10.1. The molecular formula is C22H23ClSi. The van der Waals surface area contributed by atoms with Crippen LogP contribution in [0.15, 0.2) is 60.7 Å². The Hall–Kier alpha value is -1.83. The highest BCUT2D eigenvalue weighted by Crippen LogP contribution is 2.12. The summed E-state index contributed by atoms with van der Waals surface area (Å²) in [5.41, 5.74) is 5.50. The Labute approximate surface area is 151 Å². The molecule has 2 heteroatoms. The van der Waals surface area contributed by atoms with Gasteiger partial charge in [-0.15, -0.1) is 0 Å². The van der Waals surface area contributed by atoms with E-state index in [1.54, 1.807) is 0 Å². The van der Waals surface area contributed by atoms with Gasteiger partial charge in [-0.3, -0.25) is 0 Å². The molecule has 0 aliphatic carbocycles. The fraction of sp³-hybridized carbons (Fsp3) is 0.182. The largest absolute Gasteiger partial charge is 0.135 e. The SMILES string of the molecule is Cc1cccc([SiH](c2ccccc2Cl)c2cccc(C)c2C)c1C. The molecule has 0 radical (unpaired) electrons.